The van der Waals surface area contributed by atoms with Crippen LogP contribution in [0.1, 0.15) is 29.6 Å². The van der Waals surface area contributed by atoms with Crippen molar-refractivity contribution < 1.29 is 14.3 Å². The Hall–Kier alpha value is -1.23. The second-order valence-electron chi connectivity index (χ2n) is 5.22. The minimum atomic E-state index is -0.0805. The monoisotopic (exact) mass is 341 g/mol. The van der Waals surface area contributed by atoms with Crippen LogP contribution in [-0.4, -0.2) is 32.0 Å². The Kier molecular flexibility index (Phi) is 4.91. The normalized spacial score (nSPS) is 15.6. The van der Waals surface area contributed by atoms with Crippen molar-refractivity contribution in [3.63, 3.8) is 0 Å². The van der Waals surface area contributed by atoms with Gasteiger partial charge in [-0.2, -0.15) is 0 Å². The standard InChI is InChI=1S/C15H20BrNO3/c1-19-12-7-11(8-13(9-12)20-2)14(18)17-10-15(3-4-15)5-6-16/h7-9H,3-6,10H2,1-2H3,(H,17,18). The summed E-state index contributed by atoms with van der Waals surface area (Å²) in [5.74, 6) is 1.16. The van der Waals surface area contributed by atoms with Crippen molar-refractivity contribution in [2.24, 2.45) is 5.41 Å². The Bertz CT molecular complexity index is 464. The Morgan fingerprint density at radius 3 is 2.30 bits per heavy atom. The second kappa shape index (κ2) is 6.48. The van der Waals surface area contributed by atoms with Crippen molar-refractivity contribution in [1.82, 2.24) is 5.32 Å². The third-order valence-electron chi connectivity index (χ3n) is 3.82. The van der Waals surface area contributed by atoms with Crippen molar-refractivity contribution in [2.75, 3.05) is 26.1 Å². The summed E-state index contributed by atoms with van der Waals surface area (Å²) in [6.45, 7) is 0.733. The number of halogens is 1. The molecule has 0 aliphatic heterocycles. The Morgan fingerprint density at radius 2 is 1.85 bits per heavy atom. The largest absolute Gasteiger partial charge is 0.497 e. The summed E-state index contributed by atoms with van der Waals surface area (Å²) in [7, 11) is 3.15. The molecular formula is C15H20BrNO3. The predicted molar refractivity (Wildman–Crippen MR) is 82.0 cm³/mol. The van der Waals surface area contributed by atoms with Crippen LogP contribution in [0, 0.1) is 5.41 Å². The van der Waals surface area contributed by atoms with Crippen molar-refractivity contribution in [3.05, 3.63) is 23.8 Å². The number of ether oxygens (including phenoxy) is 2. The molecule has 0 unspecified atom stereocenters. The van der Waals surface area contributed by atoms with Crippen LogP contribution in [0.3, 0.4) is 0 Å². The molecule has 0 atom stereocenters. The van der Waals surface area contributed by atoms with Gasteiger partial charge in [0.25, 0.3) is 5.91 Å². The minimum Gasteiger partial charge on any atom is -0.497 e. The molecule has 110 valence electrons. The zero-order valence-electron chi connectivity index (χ0n) is 11.9. The van der Waals surface area contributed by atoms with Gasteiger partial charge in [-0.25, -0.2) is 0 Å². The third kappa shape index (κ3) is 3.66. The maximum absolute atomic E-state index is 12.2. The lowest BCUT2D eigenvalue weighted by Crippen LogP contribution is -2.30. The fourth-order valence-corrected chi connectivity index (χ4v) is 3.04. The molecule has 0 radical (unpaired) electrons. The molecule has 4 nitrogen and oxygen atoms in total. The average Bonchev–Trinajstić information content (AvgIpc) is 3.24. The molecule has 1 saturated carbocycles. The smallest absolute Gasteiger partial charge is 0.251 e. The average molecular weight is 342 g/mol. The molecule has 1 aromatic rings. The molecule has 0 aromatic heterocycles. The summed E-state index contributed by atoms with van der Waals surface area (Å²) in [6.07, 6.45) is 3.50. The van der Waals surface area contributed by atoms with E-state index in [-0.39, 0.29) is 5.91 Å². The molecule has 20 heavy (non-hydrogen) atoms. The van der Waals surface area contributed by atoms with Gasteiger partial charge in [0, 0.05) is 23.5 Å². The lowest BCUT2D eigenvalue weighted by atomic mass is 10.0. The van der Waals surface area contributed by atoms with Crippen LogP contribution in [-0.2, 0) is 0 Å². The van der Waals surface area contributed by atoms with Gasteiger partial charge in [0.2, 0.25) is 0 Å². The summed E-state index contributed by atoms with van der Waals surface area (Å²) >= 11 is 3.47. The molecule has 5 heteroatoms. The van der Waals surface area contributed by atoms with Crippen LogP contribution >= 0.6 is 15.9 Å². The highest BCUT2D eigenvalue weighted by Crippen LogP contribution is 2.48. The van der Waals surface area contributed by atoms with Crippen LogP contribution in [0.25, 0.3) is 0 Å². The van der Waals surface area contributed by atoms with Gasteiger partial charge >= 0.3 is 0 Å². The van der Waals surface area contributed by atoms with Gasteiger partial charge in [-0.05, 0) is 36.8 Å². The fraction of sp³-hybridized carbons (Fsp3) is 0.533. The lowest BCUT2D eigenvalue weighted by Gasteiger charge is -2.15. The number of hydrogen-bond donors (Lipinski definition) is 1. The van der Waals surface area contributed by atoms with E-state index in [1.54, 1.807) is 32.4 Å². The summed E-state index contributed by atoms with van der Waals surface area (Å²) in [5.41, 5.74) is 0.873. The highest BCUT2D eigenvalue weighted by Gasteiger charge is 2.41. The molecule has 0 bridgehead atoms. The molecule has 1 aliphatic rings. The number of carbonyl (C=O) groups excluding carboxylic acids is 1. The molecule has 0 saturated heterocycles. The first-order chi connectivity index (χ1) is 9.62. The number of methoxy groups -OCH3 is 2. The second-order valence-corrected chi connectivity index (χ2v) is 6.02. The third-order valence-corrected chi connectivity index (χ3v) is 4.22. The quantitative estimate of drug-likeness (QED) is 0.775. The van der Waals surface area contributed by atoms with Crippen LogP contribution in [0.2, 0.25) is 0 Å². The summed E-state index contributed by atoms with van der Waals surface area (Å²) in [4.78, 5) is 12.2. The van der Waals surface area contributed by atoms with E-state index in [0.717, 1.165) is 18.3 Å². The van der Waals surface area contributed by atoms with E-state index in [1.807, 2.05) is 0 Å². The number of rotatable bonds is 7. The minimum absolute atomic E-state index is 0.0805. The van der Waals surface area contributed by atoms with Crippen LogP contribution < -0.4 is 14.8 Å². The van der Waals surface area contributed by atoms with Gasteiger partial charge in [-0.1, -0.05) is 15.9 Å². The highest BCUT2D eigenvalue weighted by molar-refractivity contribution is 9.09. The number of nitrogens with one attached hydrogen (secondary N) is 1. The first-order valence-corrected chi connectivity index (χ1v) is 7.82. The van der Waals surface area contributed by atoms with E-state index in [9.17, 15) is 4.79 Å². The Balaban J connectivity index is 2.01. The van der Waals surface area contributed by atoms with Crippen LogP contribution in [0.5, 0.6) is 11.5 Å². The van der Waals surface area contributed by atoms with Crippen molar-refractivity contribution in [2.45, 2.75) is 19.3 Å². The van der Waals surface area contributed by atoms with Crippen molar-refractivity contribution in [1.29, 1.82) is 0 Å². The Morgan fingerprint density at radius 1 is 1.25 bits per heavy atom. The van der Waals surface area contributed by atoms with Crippen LogP contribution in [0.15, 0.2) is 18.2 Å². The maximum Gasteiger partial charge on any atom is 0.251 e. The summed E-state index contributed by atoms with van der Waals surface area (Å²) < 4.78 is 10.4. The molecular weight excluding hydrogens is 322 g/mol. The lowest BCUT2D eigenvalue weighted by molar-refractivity contribution is 0.0943. The van der Waals surface area contributed by atoms with E-state index in [1.165, 1.54) is 12.8 Å². The first-order valence-electron chi connectivity index (χ1n) is 6.70. The number of hydrogen-bond acceptors (Lipinski definition) is 3. The molecule has 1 aromatic carbocycles. The molecule has 2 rings (SSSR count). The highest BCUT2D eigenvalue weighted by atomic mass is 79.9. The van der Waals surface area contributed by atoms with Crippen molar-refractivity contribution >= 4 is 21.8 Å². The van der Waals surface area contributed by atoms with E-state index < -0.39 is 0 Å². The summed E-state index contributed by atoms with van der Waals surface area (Å²) in [6, 6.07) is 5.20. The van der Waals surface area contributed by atoms with Gasteiger partial charge in [0.1, 0.15) is 11.5 Å². The Labute approximate surface area is 128 Å². The summed E-state index contributed by atoms with van der Waals surface area (Å²) in [5, 5.41) is 4.00. The zero-order chi connectivity index (χ0) is 14.6. The molecule has 0 heterocycles. The number of amides is 1. The molecule has 1 N–H and O–H groups in total. The predicted octanol–water partition coefficient (Wildman–Crippen LogP) is 3.00. The first kappa shape index (κ1) is 15.2. The van der Waals surface area contributed by atoms with E-state index in [2.05, 4.69) is 21.2 Å². The van der Waals surface area contributed by atoms with Gasteiger partial charge in [-0.15, -0.1) is 0 Å². The topological polar surface area (TPSA) is 47.6 Å². The fourth-order valence-electron chi connectivity index (χ4n) is 2.20. The van der Waals surface area contributed by atoms with Gasteiger partial charge in [0.05, 0.1) is 14.2 Å². The molecule has 0 spiro atoms. The van der Waals surface area contributed by atoms with Gasteiger partial charge < -0.3 is 14.8 Å². The van der Waals surface area contributed by atoms with Crippen molar-refractivity contribution in [3.8, 4) is 11.5 Å². The van der Waals surface area contributed by atoms with E-state index >= 15 is 0 Å². The molecule has 1 aliphatic carbocycles. The number of benzene rings is 1. The van der Waals surface area contributed by atoms with Gasteiger partial charge in [0.15, 0.2) is 0 Å². The van der Waals surface area contributed by atoms with E-state index in [0.29, 0.717) is 22.5 Å². The van der Waals surface area contributed by atoms with Crippen LogP contribution in [0.4, 0.5) is 0 Å². The molecule has 1 amide bonds. The number of alkyl halides is 1. The molecule has 1 fully saturated rings. The zero-order valence-corrected chi connectivity index (χ0v) is 13.5. The SMILES string of the molecule is COc1cc(OC)cc(C(=O)NCC2(CCBr)CC2)c1. The maximum atomic E-state index is 12.2. The van der Waals surface area contributed by atoms with Gasteiger partial charge in [-0.3, -0.25) is 4.79 Å². The number of carbonyl (C=O) groups is 1. The van der Waals surface area contributed by atoms with E-state index in [4.69, 9.17) is 9.47 Å².